The molecule has 0 N–H and O–H groups in total. The molecule has 1 aromatic rings. The molecule has 2 atom stereocenters. The van der Waals surface area contributed by atoms with Gasteiger partial charge >= 0.3 is 0 Å². The van der Waals surface area contributed by atoms with E-state index in [4.69, 9.17) is 0 Å². The predicted molar refractivity (Wildman–Crippen MR) is 66.4 cm³/mol. The van der Waals surface area contributed by atoms with E-state index in [2.05, 4.69) is 15.9 Å². The van der Waals surface area contributed by atoms with E-state index < -0.39 is 0 Å². The Morgan fingerprint density at radius 2 is 2.00 bits per heavy atom. The molecule has 2 unspecified atom stereocenters. The van der Waals surface area contributed by atoms with Gasteiger partial charge in [-0.1, -0.05) is 15.9 Å². The summed E-state index contributed by atoms with van der Waals surface area (Å²) in [7, 11) is 0. The van der Waals surface area contributed by atoms with Crippen LogP contribution in [-0.4, -0.2) is 23.9 Å². The third-order valence-corrected chi connectivity index (χ3v) is 4.01. The van der Waals surface area contributed by atoms with Crippen LogP contribution in [0.2, 0.25) is 0 Å². The number of fused-ring (bicyclic) bond motifs is 1. The Balaban J connectivity index is 1.83. The number of benzene rings is 1. The zero-order valence-electron chi connectivity index (χ0n) is 9.24. The number of carbonyl (C=O) groups excluding carboxylic acids is 1. The molecule has 1 aliphatic heterocycles. The Labute approximate surface area is 104 Å². The summed E-state index contributed by atoms with van der Waals surface area (Å²) in [6.07, 6.45) is 1.33. The SMILES string of the molecule is Cc1cc(Br)cc(C(=O)N2CC3CC3C2)c1. The van der Waals surface area contributed by atoms with Crippen LogP contribution >= 0.6 is 15.9 Å². The molecule has 1 heterocycles. The van der Waals surface area contributed by atoms with Crippen LogP contribution in [0.3, 0.4) is 0 Å². The summed E-state index contributed by atoms with van der Waals surface area (Å²) in [4.78, 5) is 14.2. The van der Waals surface area contributed by atoms with Gasteiger partial charge in [0.1, 0.15) is 0 Å². The fourth-order valence-electron chi connectivity index (χ4n) is 2.61. The van der Waals surface area contributed by atoms with Gasteiger partial charge in [-0.15, -0.1) is 0 Å². The molecule has 0 spiro atoms. The van der Waals surface area contributed by atoms with E-state index in [0.29, 0.717) is 0 Å². The normalized spacial score (nSPS) is 26.8. The molecule has 3 heteroatoms. The number of hydrogen-bond donors (Lipinski definition) is 0. The smallest absolute Gasteiger partial charge is 0.253 e. The van der Waals surface area contributed by atoms with Gasteiger partial charge in [0.25, 0.3) is 5.91 Å². The number of carbonyl (C=O) groups is 1. The Bertz CT molecular complexity index is 427. The van der Waals surface area contributed by atoms with Gasteiger partial charge < -0.3 is 4.90 Å². The second-order valence-electron chi connectivity index (χ2n) is 4.98. The van der Waals surface area contributed by atoms with Crippen LogP contribution in [0.4, 0.5) is 0 Å². The number of piperidine rings is 1. The summed E-state index contributed by atoms with van der Waals surface area (Å²) in [6.45, 7) is 3.95. The lowest BCUT2D eigenvalue weighted by molar-refractivity contribution is 0.0775. The number of likely N-dealkylation sites (tertiary alicyclic amines) is 1. The molecule has 2 nitrogen and oxygen atoms in total. The summed E-state index contributed by atoms with van der Waals surface area (Å²) in [6, 6.07) is 5.91. The van der Waals surface area contributed by atoms with E-state index in [-0.39, 0.29) is 5.91 Å². The highest BCUT2D eigenvalue weighted by molar-refractivity contribution is 9.10. The topological polar surface area (TPSA) is 20.3 Å². The van der Waals surface area contributed by atoms with Crippen molar-refractivity contribution in [3.05, 3.63) is 33.8 Å². The van der Waals surface area contributed by atoms with Crippen molar-refractivity contribution >= 4 is 21.8 Å². The summed E-state index contributed by atoms with van der Waals surface area (Å²) in [5.41, 5.74) is 1.94. The molecule has 1 saturated heterocycles. The largest absolute Gasteiger partial charge is 0.338 e. The predicted octanol–water partition coefficient (Wildman–Crippen LogP) is 2.85. The van der Waals surface area contributed by atoms with Gasteiger partial charge in [0.2, 0.25) is 0 Å². The molecule has 3 rings (SSSR count). The molecular formula is C13H14BrNO. The molecule has 2 aliphatic rings. The van der Waals surface area contributed by atoms with Crippen LogP contribution in [0.25, 0.3) is 0 Å². The van der Waals surface area contributed by atoms with E-state index in [1.165, 1.54) is 6.42 Å². The summed E-state index contributed by atoms with van der Waals surface area (Å²) >= 11 is 3.44. The number of nitrogens with zero attached hydrogens (tertiary/aromatic N) is 1. The maximum absolute atomic E-state index is 12.2. The first-order chi connectivity index (χ1) is 7.63. The molecule has 1 amide bonds. The zero-order valence-corrected chi connectivity index (χ0v) is 10.8. The van der Waals surface area contributed by atoms with E-state index in [1.54, 1.807) is 0 Å². The van der Waals surface area contributed by atoms with Crippen LogP contribution in [0.15, 0.2) is 22.7 Å². The maximum Gasteiger partial charge on any atom is 0.253 e. The van der Waals surface area contributed by atoms with Crippen molar-refractivity contribution < 1.29 is 4.79 Å². The Morgan fingerprint density at radius 3 is 2.62 bits per heavy atom. The first-order valence-corrected chi connectivity index (χ1v) is 6.49. The number of hydrogen-bond acceptors (Lipinski definition) is 1. The van der Waals surface area contributed by atoms with Gasteiger partial charge in [-0.3, -0.25) is 4.79 Å². The molecule has 16 heavy (non-hydrogen) atoms. The lowest BCUT2D eigenvalue weighted by atomic mass is 10.1. The van der Waals surface area contributed by atoms with Gasteiger partial charge in [0.15, 0.2) is 0 Å². The third-order valence-electron chi connectivity index (χ3n) is 3.56. The van der Waals surface area contributed by atoms with Crippen molar-refractivity contribution in [2.24, 2.45) is 11.8 Å². The van der Waals surface area contributed by atoms with Crippen LogP contribution in [-0.2, 0) is 0 Å². The molecule has 1 aliphatic carbocycles. The van der Waals surface area contributed by atoms with Crippen LogP contribution in [0.5, 0.6) is 0 Å². The number of rotatable bonds is 1. The Morgan fingerprint density at radius 1 is 1.31 bits per heavy atom. The van der Waals surface area contributed by atoms with Gasteiger partial charge in [-0.25, -0.2) is 0 Å². The molecule has 0 bridgehead atoms. The van der Waals surface area contributed by atoms with Crippen molar-refractivity contribution in [2.45, 2.75) is 13.3 Å². The quantitative estimate of drug-likeness (QED) is 0.774. The molecular weight excluding hydrogens is 266 g/mol. The van der Waals surface area contributed by atoms with Crippen molar-refractivity contribution in [3.63, 3.8) is 0 Å². The highest BCUT2D eigenvalue weighted by Gasteiger charge is 2.46. The number of halogens is 1. The van der Waals surface area contributed by atoms with E-state index in [9.17, 15) is 4.79 Å². The van der Waals surface area contributed by atoms with Gasteiger partial charge in [0, 0.05) is 23.1 Å². The first-order valence-electron chi connectivity index (χ1n) is 5.70. The lowest BCUT2D eigenvalue weighted by Crippen LogP contribution is -2.30. The summed E-state index contributed by atoms with van der Waals surface area (Å²) < 4.78 is 0.986. The number of amides is 1. The zero-order chi connectivity index (χ0) is 11.3. The minimum Gasteiger partial charge on any atom is -0.338 e. The minimum absolute atomic E-state index is 0.191. The van der Waals surface area contributed by atoms with Crippen LogP contribution < -0.4 is 0 Å². The van der Waals surface area contributed by atoms with E-state index in [1.807, 2.05) is 30.0 Å². The number of aryl methyl sites for hydroxylation is 1. The fraction of sp³-hybridized carbons (Fsp3) is 0.462. The molecule has 0 radical (unpaired) electrons. The average molecular weight is 280 g/mol. The maximum atomic E-state index is 12.2. The van der Waals surface area contributed by atoms with Gasteiger partial charge in [-0.2, -0.15) is 0 Å². The molecule has 1 aromatic carbocycles. The summed E-state index contributed by atoms with van der Waals surface area (Å²) in [5, 5.41) is 0. The molecule has 2 fully saturated rings. The fourth-order valence-corrected chi connectivity index (χ4v) is 3.21. The Hall–Kier alpha value is -0.830. The highest BCUT2D eigenvalue weighted by atomic mass is 79.9. The van der Waals surface area contributed by atoms with Crippen LogP contribution in [0.1, 0.15) is 22.3 Å². The second-order valence-corrected chi connectivity index (χ2v) is 5.90. The van der Waals surface area contributed by atoms with E-state index >= 15 is 0 Å². The summed E-state index contributed by atoms with van der Waals surface area (Å²) in [5.74, 6) is 1.80. The molecule has 0 aromatic heterocycles. The highest BCUT2D eigenvalue weighted by Crippen LogP contribution is 2.45. The minimum atomic E-state index is 0.191. The van der Waals surface area contributed by atoms with Crippen molar-refractivity contribution in [3.8, 4) is 0 Å². The van der Waals surface area contributed by atoms with Gasteiger partial charge in [-0.05, 0) is 48.9 Å². The van der Waals surface area contributed by atoms with Gasteiger partial charge in [0.05, 0.1) is 0 Å². The molecule has 84 valence electrons. The van der Waals surface area contributed by atoms with E-state index in [0.717, 1.165) is 40.5 Å². The van der Waals surface area contributed by atoms with Crippen LogP contribution in [0, 0.1) is 18.8 Å². The first kappa shape index (κ1) is 10.3. The molecule has 1 saturated carbocycles. The van der Waals surface area contributed by atoms with Crippen molar-refractivity contribution in [1.82, 2.24) is 4.90 Å². The average Bonchev–Trinajstić information content (AvgIpc) is 2.83. The lowest BCUT2D eigenvalue weighted by Gasteiger charge is -2.18. The monoisotopic (exact) mass is 279 g/mol. The standard InChI is InChI=1S/C13H14BrNO/c1-8-2-9(5-12(14)3-8)13(16)15-6-10-4-11(10)7-15/h2-3,5,10-11H,4,6-7H2,1H3. The second kappa shape index (κ2) is 3.59. The van der Waals surface area contributed by atoms with Crippen molar-refractivity contribution in [2.75, 3.05) is 13.1 Å². The third kappa shape index (κ3) is 1.77. The van der Waals surface area contributed by atoms with Crippen molar-refractivity contribution in [1.29, 1.82) is 0 Å². The Kier molecular flexibility index (Phi) is 2.32.